The summed E-state index contributed by atoms with van der Waals surface area (Å²) in [5.74, 6) is 0.450. The van der Waals surface area contributed by atoms with Crippen molar-refractivity contribution >= 4 is 28.4 Å². The molecule has 2 aromatic rings. The molecule has 0 aliphatic carbocycles. The third-order valence-electron chi connectivity index (χ3n) is 3.78. The molecule has 7 nitrogen and oxygen atoms in total. The Bertz CT molecular complexity index is 761. The minimum absolute atomic E-state index is 0.0359. The van der Waals surface area contributed by atoms with E-state index in [-0.39, 0.29) is 11.9 Å². The SMILES string of the molecule is CCC(CNC(C)=O)Nc1nccc2cc(C(N)=O)c(OC)cc12. The van der Waals surface area contributed by atoms with E-state index in [2.05, 4.69) is 15.6 Å². The van der Waals surface area contributed by atoms with Crippen molar-refractivity contribution in [3.8, 4) is 5.75 Å². The molecule has 0 aliphatic heterocycles. The molecule has 128 valence electrons. The minimum Gasteiger partial charge on any atom is -0.496 e. The molecule has 7 heteroatoms. The van der Waals surface area contributed by atoms with Gasteiger partial charge in [-0.1, -0.05) is 6.92 Å². The summed E-state index contributed by atoms with van der Waals surface area (Å²) >= 11 is 0. The van der Waals surface area contributed by atoms with Crippen LogP contribution in [-0.2, 0) is 4.79 Å². The first-order valence-electron chi connectivity index (χ1n) is 7.73. The third-order valence-corrected chi connectivity index (χ3v) is 3.78. The van der Waals surface area contributed by atoms with Crippen molar-refractivity contribution < 1.29 is 14.3 Å². The van der Waals surface area contributed by atoms with Crippen LogP contribution in [0.4, 0.5) is 5.82 Å². The monoisotopic (exact) mass is 330 g/mol. The second kappa shape index (κ2) is 7.63. The lowest BCUT2D eigenvalue weighted by Crippen LogP contribution is -2.35. The molecule has 0 spiro atoms. The standard InChI is InChI=1S/C17H22N4O3/c1-4-12(9-20-10(2)22)21-17-13-8-15(24-3)14(16(18)23)7-11(13)5-6-19-17/h5-8,12H,4,9H2,1-3H3,(H2,18,23)(H,19,21)(H,20,22). The molecule has 1 aromatic heterocycles. The summed E-state index contributed by atoms with van der Waals surface area (Å²) < 4.78 is 5.27. The summed E-state index contributed by atoms with van der Waals surface area (Å²) in [5, 5.41) is 7.78. The summed E-state index contributed by atoms with van der Waals surface area (Å²) in [6.45, 7) is 4.01. The highest BCUT2D eigenvalue weighted by Gasteiger charge is 2.15. The molecule has 4 N–H and O–H groups in total. The smallest absolute Gasteiger partial charge is 0.252 e. The van der Waals surface area contributed by atoms with Gasteiger partial charge in [-0.15, -0.1) is 0 Å². The number of primary amides is 1. The Morgan fingerprint density at radius 1 is 1.38 bits per heavy atom. The summed E-state index contributed by atoms with van der Waals surface area (Å²) in [7, 11) is 1.49. The van der Waals surface area contributed by atoms with E-state index in [0.29, 0.717) is 23.7 Å². The van der Waals surface area contributed by atoms with Crippen molar-refractivity contribution in [1.29, 1.82) is 0 Å². The molecule has 0 aliphatic rings. The quantitative estimate of drug-likeness (QED) is 0.716. The van der Waals surface area contributed by atoms with E-state index >= 15 is 0 Å². The first-order valence-corrected chi connectivity index (χ1v) is 7.73. The molecule has 0 saturated carbocycles. The fourth-order valence-electron chi connectivity index (χ4n) is 2.44. The van der Waals surface area contributed by atoms with Crippen LogP contribution in [0.1, 0.15) is 30.6 Å². The highest BCUT2D eigenvalue weighted by atomic mass is 16.5. The zero-order valence-electron chi connectivity index (χ0n) is 14.1. The van der Waals surface area contributed by atoms with E-state index < -0.39 is 5.91 Å². The van der Waals surface area contributed by atoms with Crippen LogP contribution in [0.15, 0.2) is 24.4 Å². The summed E-state index contributed by atoms with van der Waals surface area (Å²) in [5.41, 5.74) is 5.73. The number of carbonyl (C=O) groups excluding carboxylic acids is 2. The lowest BCUT2D eigenvalue weighted by Gasteiger charge is -2.19. The molecule has 1 heterocycles. The summed E-state index contributed by atoms with van der Waals surface area (Å²) in [4.78, 5) is 27.0. The minimum atomic E-state index is -0.544. The number of methoxy groups -OCH3 is 1. The van der Waals surface area contributed by atoms with Gasteiger partial charge in [-0.25, -0.2) is 4.98 Å². The summed E-state index contributed by atoms with van der Waals surface area (Å²) in [6, 6.07) is 5.28. The molecule has 24 heavy (non-hydrogen) atoms. The second-order valence-corrected chi connectivity index (χ2v) is 5.48. The maximum atomic E-state index is 11.6. The number of benzene rings is 1. The highest BCUT2D eigenvalue weighted by molar-refractivity contribution is 6.03. The maximum absolute atomic E-state index is 11.6. The molecule has 0 saturated heterocycles. The van der Waals surface area contributed by atoms with Gasteiger partial charge in [0, 0.05) is 31.1 Å². The van der Waals surface area contributed by atoms with E-state index in [1.807, 2.05) is 6.92 Å². The number of carbonyl (C=O) groups is 2. The first-order chi connectivity index (χ1) is 11.5. The predicted molar refractivity (Wildman–Crippen MR) is 93.2 cm³/mol. The van der Waals surface area contributed by atoms with Gasteiger partial charge in [0.05, 0.1) is 12.7 Å². The van der Waals surface area contributed by atoms with Crippen molar-refractivity contribution in [2.45, 2.75) is 26.3 Å². The van der Waals surface area contributed by atoms with Crippen LogP contribution in [-0.4, -0.2) is 36.5 Å². The number of hydrogen-bond acceptors (Lipinski definition) is 5. The Morgan fingerprint density at radius 2 is 2.12 bits per heavy atom. The number of nitrogens with one attached hydrogen (secondary N) is 2. The lowest BCUT2D eigenvalue weighted by atomic mass is 10.1. The second-order valence-electron chi connectivity index (χ2n) is 5.48. The number of rotatable bonds is 7. The zero-order valence-corrected chi connectivity index (χ0v) is 14.1. The third kappa shape index (κ3) is 3.92. The molecule has 0 bridgehead atoms. The zero-order chi connectivity index (χ0) is 17.7. The van der Waals surface area contributed by atoms with Gasteiger partial charge in [-0.2, -0.15) is 0 Å². The predicted octanol–water partition coefficient (Wildman–Crippen LogP) is 1.67. The van der Waals surface area contributed by atoms with E-state index in [9.17, 15) is 9.59 Å². The van der Waals surface area contributed by atoms with Crippen molar-refractivity contribution in [2.75, 3.05) is 19.0 Å². The van der Waals surface area contributed by atoms with Crippen molar-refractivity contribution in [3.63, 3.8) is 0 Å². The van der Waals surface area contributed by atoms with Gasteiger partial charge in [0.2, 0.25) is 5.91 Å². The number of nitrogens with zero attached hydrogens (tertiary/aromatic N) is 1. The first kappa shape index (κ1) is 17.5. The fraction of sp³-hybridized carbons (Fsp3) is 0.353. The van der Waals surface area contributed by atoms with Gasteiger partial charge < -0.3 is 21.1 Å². The molecule has 1 atom stereocenters. The molecule has 0 fully saturated rings. The molecular formula is C17H22N4O3. The topological polar surface area (TPSA) is 106 Å². The van der Waals surface area contributed by atoms with Crippen LogP contribution in [0.5, 0.6) is 5.75 Å². The van der Waals surface area contributed by atoms with Gasteiger partial charge >= 0.3 is 0 Å². The molecule has 0 radical (unpaired) electrons. The van der Waals surface area contributed by atoms with Crippen LogP contribution < -0.4 is 21.1 Å². The fourth-order valence-corrected chi connectivity index (χ4v) is 2.44. The molecular weight excluding hydrogens is 308 g/mol. The van der Waals surface area contributed by atoms with Gasteiger partial charge in [-0.3, -0.25) is 9.59 Å². The average molecular weight is 330 g/mol. The van der Waals surface area contributed by atoms with Gasteiger partial charge in [0.25, 0.3) is 5.91 Å². The molecule has 2 amide bonds. The van der Waals surface area contributed by atoms with Crippen LogP contribution in [0, 0.1) is 0 Å². The number of amides is 2. The Hall–Kier alpha value is -2.83. The molecule has 2 rings (SSSR count). The summed E-state index contributed by atoms with van der Waals surface area (Å²) in [6.07, 6.45) is 2.47. The van der Waals surface area contributed by atoms with Crippen molar-refractivity contribution in [3.05, 3.63) is 30.0 Å². The number of nitrogens with two attached hydrogens (primary N) is 1. The Morgan fingerprint density at radius 3 is 2.71 bits per heavy atom. The van der Waals surface area contributed by atoms with Crippen LogP contribution >= 0.6 is 0 Å². The maximum Gasteiger partial charge on any atom is 0.252 e. The van der Waals surface area contributed by atoms with E-state index in [0.717, 1.165) is 17.2 Å². The van der Waals surface area contributed by atoms with Crippen molar-refractivity contribution in [2.24, 2.45) is 5.73 Å². The number of hydrogen-bond donors (Lipinski definition) is 3. The van der Waals surface area contributed by atoms with Gasteiger partial charge in [0.15, 0.2) is 0 Å². The van der Waals surface area contributed by atoms with Crippen molar-refractivity contribution in [1.82, 2.24) is 10.3 Å². The average Bonchev–Trinajstić information content (AvgIpc) is 2.57. The number of fused-ring (bicyclic) bond motifs is 1. The molecule has 1 aromatic carbocycles. The Balaban J connectivity index is 2.39. The number of pyridine rings is 1. The van der Waals surface area contributed by atoms with E-state index in [1.165, 1.54) is 14.0 Å². The number of aromatic nitrogens is 1. The van der Waals surface area contributed by atoms with E-state index in [1.54, 1.807) is 24.4 Å². The Kier molecular flexibility index (Phi) is 5.57. The normalized spacial score (nSPS) is 11.8. The highest BCUT2D eigenvalue weighted by Crippen LogP contribution is 2.29. The Labute approximate surface area is 140 Å². The van der Waals surface area contributed by atoms with Gasteiger partial charge in [0.1, 0.15) is 11.6 Å². The van der Waals surface area contributed by atoms with Crippen LogP contribution in [0.3, 0.4) is 0 Å². The van der Waals surface area contributed by atoms with Gasteiger partial charge in [-0.05, 0) is 30.0 Å². The van der Waals surface area contributed by atoms with E-state index in [4.69, 9.17) is 10.5 Å². The van der Waals surface area contributed by atoms with Crippen LogP contribution in [0.2, 0.25) is 0 Å². The number of ether oxygens (including phenoxy) is 1. The van der Waals surface area contributed by atoms with Crippen LogP contribution in [0.25, 0.3) is 10.8 Å². The lowest BCUT2D eigenvalue weighted by molar-refractivity contribution is -0.119. The largest absolute Gasteiger partial charge is 0.496 e. The number of anilines is 1. The molecule has 1 unspecified atom stereocenters.